The van der Waals surface area contributed by atoms with Crippen molar-refractivity contribution in [3.63, 3.8) is 0 Å². The standard InChI is InChI=1S/C18H16Cl2N2O2/c1-11(23)22-8-2-3-12-9-14(5-7-17(12)22)21-18(24)13-4-6-15(19)16(20)10-13/h4-7,9-10H,2-3,8H2,1H3,(H,21,24). The minimum absolute atomic E-state index is 0.0311. The average Bonchev–Trinajstić information content (AvgIpc) is 2.56. The lowest BCUT2D eigenvalue weighted by molar-refractivity contribution is -0.116. The van der Waals surface area contributed by atoms with Gasteiger partial charge in [-0.05, 0) is 54.8 Å². The van der Waals surface area contributed by atoms with Crippen LogP contribution in [0.1, 0.15) is 29.3 Å². The molecule has 0 spiro atoms. The molecule has 0 fully saturated rings. The van der Waals surface area contributed by atoms with E-state index in [-0.39, 0.29) is 11.8 Å². The van der Waals surface area contributed by atoms with Gasteiger partial charge in [0.1, 0.15) is 0 Å². The minimum Gasteiger partial charge on any atom is -0.322 e. The molecule has 0 aliphatic carbocycles. The normalized spacial score (nSPS) is 13.4. The fraction of sp³-hybridized carbons (Fsp3) is 0.222. The van der Waals surface area contributed by atoms with E-state index in [2.05, 4.69) is 5.32 Å². The Morgan fingerprint density at radius 2 is 1.88 bits per heavy atom. The largest absolute Gasteiger partial charge is 0.322 e. The average molecular weight is 363 g/mol. The van der Waals surface area contributed by atoms with Crippen molar-refractivity contribution in [1.82, 2.24) is 0 Å². The summed E-state index contributed by atoms with van der Waals surface area (Å²) in [5.74, 6) is -0.226. The number of carbonyl (C=O) groups excluding carboxylic acids is 2. The highest BCUT2D eigenvalue weighted by molar-refractivity contribution is 6.42. The number of rotatable bonds is 2. The first kappa shape index (κ1) is 16.8. The Bertz CT molecular complexity index is 821. The van der Waals surface area contributed by atoms with Crippen molar-refractivity contribution in [2.45, 2.75) is 19.8 Å². The number of anilines is 2. The van der Waals surface area contributed by atoms with E-state index < -0.39 is 0 Å². The van der Waals surface area contributed by atoms with Gasteiger partial charge >= 0.3 is 0 Å². The number of amides is 2. The molecule has 0 saturated heterocycles. The lowest BCUT2D eigenvalue weighted by atomic mass is 10.0. The molecule has 0 atom stereocenters. The van der Waals surface area contributed by atoms with Crippen LogP contribution < -0.4 is 10.2 Å². The van der Waals surface area contributed by atoms with Crippen LogP contribution >= 0.6 is 23.2 Å². The predicted molar refractivity (Wildman–Crippen MR) is 97.2 cm³/mol. The quantitative estimate of drug-likeness (QED) is 0.851. The van der Waals surface area contributed by atoms with Gasteiger partial charge in [0.25, 0.3) is 5.91 Å². The number of fused-ring (bicyclic) bond motifs is 1. The summed E-state index contributed by atoms with van der Waals surface area (Å²) < 4.78 is 0. The second kappa shape index (κ2) is 6.83. The van der Waals surface area contributed by atoms with Gasteiger partial charge < -0.3 is 10.2 Å². The molecular formula is C18H16Cl2N2O2. The van der Waals surface area contributed by atoms with Crippen LogP contribution in [0.15, 0.2) is 36.4 Å². The van der Waals surface area contributed by atoms with Gasteiger partial charge in [-0.1, -0.05) is 23.2 Å². The van der Waals surface area contributed by atoms with Crippen molar-refractivity contribution in [2.75, 3.05) is 16.8 Å². The van der Waals surface area contributed by atoms with Crippen LogP contribution in [0.25, 0.3) is 0 Å². The highest BCUT2D eigenvalue weighted by Gasteiger charge is 2.20. The second-order valence-electron chi connectivity index (χ2n) is 5.70. The summed E-state index contributed by atoms with van der Waals surface area (Å²) in [5, 5.41) is 3.60. The van der Waals surface area contributed by atoms with Crippen molar-refractivity contribution in [3.05, 3.63) is 57.6 Å². The number of halogens is 2. The van der Waals surface area contributed by atoms with Gasteiger partial charge in [-0.2, -0.15) is 0 Å². The predicted octanol–water partition coefficient (Wildman–Crippen LogP) is 4.54. The van der Waals surface area contributed by atoms with E-state index in [0.29, 0.717) is 21.3 Å². The summed E-state index contributed by atoms with van der Waals surface area (Å²) in [6.07, 6.45) is 1.80. The lowest BCUT2D eigenvalue weighted by Gasteiger charge is -2.29. The number of hydrogen-bond acceptors (Lipinski definition) is 2. The molecule has 1 N–H and O–H groups in total. The molecule has 24 heavy (non-hydrogen) atoms. The lowest BCUT2D eigenvalue weighted by Crippen LogP contribution is -2.33. The molecule has 6 heteroatoms. The molecule has 0 aromatic heterocycles. The summed E-state index contributed by atoms with van der Waals surface area (Å²) in [5.41, 5.74) is 3.10. The molecule has 124 valence electrons. The Balaban J connectivity index is 1.82. The molecule has 2 aromatic rings. The van der Waals surface area contributed by atoms with Crippen LogP contribution in [0.3, 0.4) is 0 Å². The molecule has 0 bridgehead atoms. The number of benzene rings is 2. The van der Waals surface area contributed by atoms with E-state index in [4.69, 9.17) is 23.2 Å². The molecule has 3 rings (SSSR count). The van der Waals surface area contributed by atoms with Gasteiger partial charge in [0.15, 0.2) is 0 Å². The Hall–Kier alpha value is -2.04. The zero-order chi connectivity index (χ0) is 17.3. The third-order valence-electron chi connectivity index (χ3n) is 4.02. The van der Waals surface area contributed by atoms with Crippen molar-refractivity contribution < 1.29 is 9.59 Å². The Labute approximate surface area is 150 Å². The third kappa shape index (κ3) is 3.40. The zero-order valence-corrected chi connectivity index (χ0v) is 14.6. The number of hydrogen-bond donors (Lipinski definition) is 1. The maximum absolute atomic E-state index is 12.3. The van der Waals surface area contributed by atoms with E-state index in [0.717, 1.165) is 30.6 Å². The van der Waals surface area contributed by atoms with Gasteiger partial charge in [-0.15, -0.1) is 0 Å². The van der Waals surface area contributed by atoms with E-state index >= 15 is 0 Å². The van der Waals surface area contributed by atoms with Crippen molar-refractivity contribution in [2.24, 2.45) is 0 Å². The van der Waals surface area contributed by atoms with Crippen LogP contribution in [0, 0.1) is 0 Å². The van der Waals surface area contributed by atoms with Crippen LogP contribution in [-0.4, -0.2) is 18.4 Å². The smallest absolute Gasteiger partial charge is 0.255 e. The van der Waals surface area contributed by atoms with Gasteiger partial charge in [0.2, 0.25) is 5.91 Å². The second-order valence-corrected chi connectivity index (χ2v) is 6.52. The van der Waals surface area contributed by atoms with Crippen LogP contribution in [0.5, 0.6) is 0 Å². The molecule has 1 aliphatic heterocycles. The number of nitrogens with zero attached hydrogens (tertiary/aromatic N) is 1. The first-order chi connectivity index (χ1) is 11.5. The maximum Gasteiger partial charge on any atom is 0.255 e. The van der Waals surface area contributed by atoms with Crippen LogP contribution in [0.2, 0.25) is 10.0 Å². The van der Waals surface area contributed by atoms with E-state index in [1.165, 1.54) is 6.07 Å². The minimum atomic E-state index is -0.257. The van der Waals surface area contributed by atoms with E-state index in [1.807, 2.05) is 12.1 Å². The van der Waals surface area contributed by atoms with Gasteiger partial charge in [-0.3, -0.25) is 9.59 Å². The Morgan fingerprint density at radius 1 is 1.08 bits per heavy atom. The van der Waals surface area contributed by atoms with Crippen LogP contribution in [-0.2, 0) is 11.2 Å². The van der Waals surface area contributed by atoms with Gasteiger partial charge in [0.05, 0.1) is 10.0 Å². The first-order valence-corrected chi connectivity index (χ1v) is 8.39. The highest BCUT2D eigenvalue weighted by Crippen LogP contribution is 2.30. The highest BCUT2D eigenvalue weighted by atomic mass is 35.5. The summed E-state index contributed by atoms with van der Waals surface area (Å²) in [7, 11) is 0. The topological polar surface area (TPSA) is 49.4 Å². The molecule has 0 radical (unpaired) electrons. The molecule has 2 amide bonds. The molecule has 2 aromatic carbocycles. The zero-order valence-electron chi connectivity index (χ0n) is 13.1. The van der Waals surface area contributed by atoms with Gasteiger partial charge in [0, 0.05) is 30.4 Å². The summed E-state index contributed by atoms with van der Waals surface area (Å²) in [6.45, 7) is 2.30. The molecule has 1 heterocycles. The van der Waals surface area contributed by atoms with Crippen molar-refractivity contribution in [1.29, 1.82) is 0 Å². The first-order valence-electron chi connectivity index (χ1n) is 7.63. The van der Waals surface area contributed by atoms with Crippen LogP contribution in [0.4, 0.5) is 11.4 Å². The SMILES string of the molecule is CC(=O)N1CCCc2cc(NC(=O)c3ccc(Cl)c(Cl)c3)ccc21. The number of aryl methyl sites for hydroxylation is 1. The molecule has 0 saturated carbocycles. The monoisotopic (exact) mass is 362 g/mol. The summed E-state index contributed by atoms with van der Waals surface area (Å²) in [6, 6.07) is 10.3. The molecule has 4 nitrogen and oxygen atoms in total. The molecule has 1 aliphatic rings. The Kier molecular flexibility index (Phi) is 4.78. The van der Waals surface area contributed by atoms with Crippen molar-refractivity contribution in [3.8, 4) is 0 Å². The van der Waals surface area contributed by atoms with Crippen molar-refractivity contribution >= 4 is 46.4 Å². The van der Waals surface area contributed by atoms with E-state index in [1.54, 1.807) is 30.0 Å². The van der Waals surface area contributed by atoms with E-state index in [9.17, 15) is 9.59 Å². The van der Waals surface area contributed by atoms with Gasteiger partial charge in [-0.25, -0.2) is 0 Å². The Morgan fingerprint density at radius 3 is 2.58 bits per heavy atom. The number of carbonyl (C=O) groups is 2. The fourth-order valence-corrected chi connectivity index (χ4v) is 3.14. The summed E-state index contributed by atoms with van der Waals surface area (Å²) >= 11 is 11.8. The fourth-order valence-electron chi connectivity index (χ4n) is 2.84. The molecule has 0 unspecified atom stereocenters. The number of nitrogens with one attached hydrogen (secondary N) is 1. The maximum atomic E-state index is 12.3. The summed E-state index contributed by atoms with van der Waals surface area (Å²) in [4.78, 5) is 25.8. The third-order valence-corrected chi connectivity index (χ3v) is 4.76. The molecular weight excluding hydrogens is 347 g/mol.